The molecule has 0 spiro atoms. The fourth-order valence-electron chi connectivity index (χ4n) is 0. The Hall–Kier alpha value is 1.36. The summed E-state index contributed by atoms with van der Waals surface area (Å²) in [6.45, 7) is 1.53. The van der Waals surface area contributed by atoms with Gasteiger partial charge < -0.3 is 11.2 Å². The van der Waals surface area contributed by atoms with Gasteiger partial charge in [-0.2, -0.15) is 0 Å². The van der Waals surface area contributed by atoms with Crippen molar-refractivity contribution in [2.75, 3.05) is 0 Å². The van der Waals surface area contributed by atoms with Crippen LogP contribution in [0.1, 0.15) is 6.92 Å². The first kappa shape index (κ1) is 23.8. The molecule has 0 aliphatic heterocycles. The minimum atomic E-state index is 0. The Balaban J connectivity index is -0.0000000150. The minimum absolute atomic E-state index is 0. The van der Waals surface area contributed by atoms with Crippen molar-refractivity contribution in [1.82, 2.24) is 0 Å². The fourth-order valence-corrected chi connectivity index (χ4v) is 0. The van der Waals surface area contributed by atoms with Gasteiger partial charge in [0, 0.05) is 0 Å². The van der Waals surface area contributed by atoms with E-state index in [1.165, 1.54) is 6.92 Å². The third kappa shape index (κ3) is 115. The molecule has 0 aromatic heterocycles. The molecule has 0 aromatic rings. The molecular weight excluding hydrogens is 143 g/mol. The van der Waals surface area contributed by atoms with E-state index in [-0.39, 0.29) is 75.1 Å². The van der Waals surface area contributed by atoms with Crippen LogP contribution in [0.5, 0.6) is 0 Å². The van der Waals surface area contributed by atoms with E-state index in [4.69, 9.17) is 11.1 Å². The first-order valence-electron chi connectivity index (χ1n) is 1.04. The Labute approximate surface area is 91.7 Å². The molecule has 0 bridgehead atoms. The average molecular weight is 151 g/mol. The van der Waals surface area contributed by atoms with Gasteiger partial charge in [0.15, 0.2) is 0 Å². The fraction of sp³-hybridized carbons (Fsp3) is 0.500. The largest absolute Gasteiger partial charge is 1.00 e. The van der Waals surface area contributed by atoms with Crippen molar-refractivity contribution in [3.05, 3.63) is 0 Å². The van der Waals surface area contributed by atoms with Crippen molar-refractivity contribution in [3.8, 4) is 0 Å². The number of nitrogens with two attached hydrogens (primary N) is 1. The Bertz CT molecular complexity index is 38.7. The maximum atomic E-state index is 6.28. The van der Waals surface area contributed by atoms with E-state index in [0.29, 0.717) is 0 Å². The third-order valence-electron chi connectivity index (χ3n) is 0. The smallest absolute Gasteiger partial charge is 0.870 e. The Morgan fingerprint density at radius 1 is 1.57 bits per heavy atom. The van der Waals surface area contributed by atoms with Crippen LogP contribution >= 0.6 is 12.4 Å². The topological polar surface area (TPSA) is 79.9 Å². The summed E-state index contributed by atoms with van der Waals surface area (Å²) in [7, 11) is 0. The normalized spacial score (nSPS) is 3.57. The first-order chi connectivity index (χ1) is 1.73. The van der Waals surface area contributed by atoms with E-state index in [9.17, 15) is 0 Å². The molecule has 7 heavy (non-hydrogen) atoms. The molecule has 0 rings (SSSR count). The van der Waals surface area contributed by atoms with Crippen LogP contribution in [0.25, 0.3) is 0 Å². The summed E-state index contributed by atoms with van der Waals surface area (Å²) >= 11 is 0. The maximum Gasteiger partial charge on any atom is 1.00 e. The van der Waals surface area contributed by atoms with Crippen LogP contribution in [0.4, 0.5) is 0 Å². The zero-order chi connectivity index (χ0) is 3.58. The second kappa shape index (κ2) is 15.7. The number of halogens is 1. The van der Waals surface area contributed by atoms with Crippen LogP contribution in [-0.4, -0.2) is 11.3 Å². The van der Waals surface area contributed by atoms with Gasteiger partial charge in [-0.25, -0.2) is 0 Å². The molecule has 0 aliphatic carbocycles. The van der Waals surface area contributed by atoms with Crippen molar-refractivity contribution < 1.29 is 56.9 Å². The molecule has 0 aliphatic rings. The van der Waals surface area contributed by atoms with Gasteiger partial charge in [-0.15, -0.1) is 12.4 Å². The van der Waals surface area contributed by atoms with Gasteiger partial charge in [-0.3, -0.25) is 5.41 Å². The van der Waals surface area contributed by atoms with Gasteiger partial charge >= 0.3 is 51.4 Å². The molecule has 0 fully saturated rings. The molecule has 0 aromatic carbocycles. The summed E-state index contributed by atoms with van der Waals surface area (Å²) in [4.78, 5) is 0. The predicted molar refractivity (Wildman–Crippen MR) is 26.8 cm³/mol. The Morgan fingerprint density at radius 3 is 1.57 bits per heavy atom. The summed E-state index contributed by atoms with van der Waals surface area (Å²) in [5.41, 5.74) is 4.69. The molecular formula is C2H8ClKN2O. The van der Waals surface area contributed by atoms with Crippen LogP contribution < -0.4 is 57.1 Å². The van der Waals surface area contributed by atoms with E-state index in [1.54, 1.807) is 0 Å². The zero-order valence-corrected chi connectivity index (χ0v) is 8.37. The number of amidine groups is 1. The van der Waals surface area contributed by atoms with E-state index in [0.717, 1.165) is 0 Å². The van der Waals surface area contributed by atoms with Gasteiger partial charge in [-0.05, 0) is 6.92 Å². The van der Waals surface area contributed by atoms with Gasteiger partial charge in [0.25, 0.3) is 0 Å². The number of hydrogen-bond donors (Lipinski definition) is 2. The molecule has 0 radical (unpaired) electrons. The van der Waals surface area contributed by atoms with Crippen LogP contribution in [0.2, 0.25) is 0 Å². The van der Waals surface area contributed by atoms with Crippen LogP contribution in [-0.2, 0) is 0 Å². The summed E-state index contributed by atoms with van der Waals surface area (Å²) in [5, 5.41) is 6.28. The molecule has 4 N–H and O–H groups in total. The number of rotatable bonds is 0. The number of hydrogen-bond acceptors (Lipinski definition) is 2. The molecule has 0 atom stereocenters. The summed E-state index contributed by atoms with van der Waals surface area (Å²) in [6.07, 6.45) is 0. The maximum absolute atomic E-state index is 6.28. The molecule has 0 unspecified atom stereocenters. The Morgan fingerprint density at radius 2 is 1.57 bits per heavy atom. The van der Waals surface area contributed by atoms with Crippen LogP contribution in [0.3, 0.4) is 0 Å². The molecule has 5 heteroatoms. The minimum Gasteiger partial charge on any atom is -0.870 e. The van der Waals surface area contributed by atoms with E-state index >= 15 is 0 Å². The van der Waals surface area contributed by atoms with Crippen LogP contribution in [0, 0.1) is 5.41 Å². The van der Waals surface area contributed by atoms with Crippen molar-refractivity contribution in [2.24, 2.45) is 5.73 Å². The molecule has 0 saturated heterocycles. The first-order valence-corrected chi connectivity index (χ1v) is 1.04. The van der Waals surface area contributed by atoms with Crippen molar-refractivity contribution in [1.29, 1.82) is 5.41 Å². The van der Waals surface area contributed by atoms with Gasteiger partial charge in [0.1, 0.15) is 0 Å². The predicted octanol–water partition coefficient (Wildman–Crippen LogP) is -2.81. The standard InChI is InChI=1S/C2H6N2.ClH.K.H2O/c1-2(3)4;;;/h1H3,(H3,3,4);1H;;1H2/q;;+1;/p-1. The van der Waals surface area contributed by atoms with Crippen molar-refractivity contribution in [2.45, 2.75) is 6.92 Å². The summed E-state index contributed by atoms with van der Waals surface area (Å²) in [6, 6.07) is 0. The third-order valence-corrected chi connectivity index (χ3v) is 0. The Kier molecular flexibility index (Phi) is 53.3. The van der Waals surface area contributed by atoms with E-state index in [2.05, 4.69) is 0 Å². The summed E-state index contributed by atoms with van der Waals surface area (Å²) < 4.78 is 0. The zero-order valence-electron chi connectivity index (χ0n) is 4.43. The van der Waals surface area contributed by atoms with Crippen molar-refractivity contribution >= 4 is 18.2 Å². The molecule has 0 heterocycles. The average Bonchev–Trinajstić information content (AvgIpc) is 0.811. The SMILES string of the molecule is CC(=N)N.Cl.[K+].[OH-]. The van der Waals surface area contributed by atoms with Crippen LogP contribution in [0.15, 0.2) is 0 Å². The second-order valence-electron chi connectivity index (χ2n) is 0.683. The van der Waals surface area contributed by atoms with E-state index in [1.807, 2.05) is 0 Å². The van der Waals surface area contributed by atoms with Gasteiger partial charge in [0.2, 0.25) is 0 Å². The number of nitrogens with one attached hydrogen (secondary N) is 1. The quantitative estimate of drug-likeness (QED) is 0.222. The van der Waals surface area contributed by atoms with Gasteiger partial charge in [0.05, 0.1) is 5.84 Å². The monoisotopic (exact) mass is 150 g/mol. The summed E-state index contributed by atoms with van der Waals surface area (Å²) in [5.74, 6) is 0.167. The second-order valence-corrected chi connectivity index (χ2v) is 0.683. The molecule has 3 nitrogen and oxygen atoms in total. The van der Waals surface area contributed by atoms with Crippen molar-refractivity contribution in [3.63, 3.8) is 0 Å². The molecule has 0 amide bonds. The van der Waals surface area contributed by atoms with E-state index < -0.39 is 0 Å². The van der Waals surface area contributed by atoms with Gasteiger partial charge in [-0.1, -0.05) is 0 Å². The molecule has 0 saturated carbocycles. The molecule has 40 valence electrons.